The van der Waals surface area contributed by atoms with E-state index in [0.717, 1.165) is 6.42 Å². The minimum atomic E-state index is -1.05. The SMILES string of the molecule is O=C(O)NC(CO)CC1CCC1. The van der Waals surface area contributed by atoms with Crippen LogP contribution >= 0.6 is 0 Å². The normalized spacial score (nSPS) is 19.8. The molecule has 1 aliphatic rings. The molecule has 0 spiro atoms. The summed E-state index contributed by atoms with van der Waals surface area (Å²) in [6, 6.07) is -0.271. The minimum absolute atomic E-state index is 0.0944. The summed E-state index contributed by atoms with van der Waals surface area (Å²) < 4.78 is 0. The highest BCUT2D eigenvalue weighted by Gasteiger charge is 2.22. The van der Waals surface area contributed by atoms with Crippen LogP contribution in [0.4, 0.5) is 4.79 Å². The third-order valence-corrected chi connectivity index (χ3v) is 2.39. The van der Waals surface area contributed by atoms with E-state index >= 15 is 0 Å². The Balaban J connectivity index is 2.19. The van der Waals surface area contributed by atoms with E-state index in [2.05, 4.69) is 5.32 Å². The van der Waals surface area contributed by atoms with Crippen molar-refractivity contribution in [1.29, 1.82) is 0 Å². The molecular formula is C8H15NO3. The van der Waals surface area contributed by atoms with Gasteiger partial charge in [0, 0.05) is 0 Å². The Morgan fingerprint density at radius 1 is 1.58 bits per heavy atom. The molecule has 1 rings (SSSR count). The fourth-order valence-corrected chi connectivity index (χ4v) is 1.48. The van der Waals surface area contributed by atoms with E-state index < -0.39 is 6.09 Å². The van der Waals surface area contributed by atoms with Crippen LogP contribution in [0.5, 0.6) is 0 Å². The van der Waals surface area contributed by atoms with Gasteiger partial charge in [0.1, 0.15) is 0 Å². The molecule has 70 valence electrons. The number of hydrogen-bond acceptors (Lipinski definition) is 2. The second-order valence-corrected chi connectivity index (χ2v) is 3.36. The molecular weight excluding hydrogens is 158 g/mol. The predicted molar refractivity (Wildman–Crippen MR) is 44.0 cm³/mol. The van der Waals surface area contributed by atoms with Gasteiger partial charge < -0.3 is 15.5 Å². The molecule has 0 saturated heterocycles. The van der Waals surface area contributed by atoms with E-state index in [4.69, 9.17) is 10.2 Å². The zero-order valence-corrected chi connectivity index (χ0v) is 6.99. The van der Waals surface area contributed by atoms with E-state index in [0.29, 0.717) is 5.92 Å². The molecule has 1 aliphatic carbocycles. The van der Waals surface area contributed by atoms with Crippen LogP contribution < -0.4 is 5.32 Å². The summed E-state index contributed by atoms with van der Waals surface area (Å²) in [6.07, 6.45) is 3.34. The second kappa shape index (κ2) is 4.30. The Bertz CT molecular complexity index is 156. The summed E-state index contributed by atoms with van der Waals surface area (Å²) in [5.74, 6) is 0.619. The maximum Gasteiger partial charge on any atom is 0.404 e. The van der Waals surface area contributed by atoms with Crippen LogP contribution in [0.15, 0.2) is 0 Å². The monoisotopic (exact) mass is 173 g/mol. The number of hydrogen-bond donors (Lipinski definition) is 3. The molecule has 0 aliphatic heterocycles. The molecule has 0 bridgehead atoms. The average molecular weight is 173 g/mol. The van der Waals surface area contributed by atoms with Crippen molar-refractivity contribution in [1.82, 2.24) is 5.32 Å². The molecule has 12 heavy (non-hydrogen) atoms. The summed E-state index contributed by atoms with van der Waals surface area (Å²) in [6.45, 7) is -0.0944. The van der Waals surface area contributed by atoms with Gasteiger partial charge in [-0.25, -0.2) is 4.79 Å². The van der Waals surface area contributed by atoms with Gasteiger partial charge in [-0.05, 0) is 12.3 Å². The number of aliphatic hydroxyl groups excluding tert-OH is 1. The van der Waals surface area contributed by atoms with Crippen LogP contribution in [0.25, 0.3) is 0 Å². The zero-order valence-electron chi connectivity index (χ0n) is 6.99. The van der Waals surface area contributed by atoms with Gasteiger partial charge in [0.25, 0.3) is 0 Å². The molecule has 1 atom stereocenters. The molecule has 1 fully saturated rings. The van der Waals surface area contributed by atoms with Gasteiger partial charge in [-0.3, -0.25) is 0 Å². The molecule has 0 heterocycles. The lowest BCUT2D eigenvalue weighted by Crippen LogP contribution is -2.38. The Hall–Kier alpha value is -0.770. The first-order chi connectivity index (χ1) is 5.72. The van der Waals surface area contributed by atoms with Crippen molar-refractivity contribution in [3.63, 3.8) is 0 Å². The van der Waals surface area contributed by atoms with Crippen LogP contribution in [-0.2, 0) is 0 Å². The van der Waals surface area contributed by atoms with Crippen molar-refractivity contribution in [2.45, 2.75) is 31.7 Å². The van der Waals surface area contributed by atoms with E-state index in [-0.39, 0.29) is 12.6 Å². The van der Waals surface area contributed by atoms with E-state index in [9.17, 15) is 4.79 Å². The van der Waals surface area contributed by atoms with Crippen molar-refractivity contribution < 1.29 is 15.0 Å². The van der Waals surface area contributed by atoms with Crippen LogP contribution in [0, 0.1) is 5.92 Å². The summed E-state index contributed by atoms with van der Waals surface area (Å²) in [4.78, 5) is 10.2. The number of nitrogens with one attached hydrogen (secondary N) is 1. The largest absolute Gasteiger partial charge is 0.465 e. The molecule has 0 aromatic heterocycles. The Morgan fingerprint density at radius 2 is 2.25 bits per heavy atom. The molecule has 4 heteroatoms. The Kier molecular flexibility index (Phi) is 3.34. The molecule has 1 amide bonds. The number of carboxylic acid groups (broad SMARTS) is 1. The summed E-state index contributed by atoms with van der Waals surface area (Å²) >= 11 is 0. The lowest BCUT2D eigenvalue weighted by atomic mass is 9.81. The lowest BCUT2D eigenvalue weighted by Gasteiger charge is -2.28. The fraction of sp³-hybridized carbons (Fsp3) is 0.875. The smallest absolute Gasteiger partial charge is 0.404 e. The van der Waals surface area contributed by atoms with Gasteiger partial charge in [-0.2, -0.15) is 0 Å². The van der Waals surface area contributed by atoms with Crippen molar-refractivity contribution in [2.75, 3.05) is 6.61 Å². The third-order valence-electron chi connectivity index (χ3n) is 2.39. The molecule has 0 aromatic carbocycles. The highest BCUT2D eigenvalue weighted by Crippen LogP contribution is 2.30. The molecule has 0 radical (unpaired) electrons. The van der Waals surface area contributed by atoms with Gasteiger partial charge in [-0.15, -0.1) is 0 Å². The highest BCUT2D eigenvalue weighted by molar-refractivity contribution is 5.64. The number of amides is 1. The van der Waals surface area contributed by atoms with Gasteiger partial charge >= 0.3 is 6.09 Å². The minimum Gasteiger partial charge on any atom is -0.465 e. The average Bonchev–Trinajstić information content (AvgIpc) is 1.93. The van der Waals surface area contributed by atoms with Gasteiger partial charge in [0.05, 0.1) is 12.6 Å². The van der Waals surface area contributed by atoms with Crippen molar-refractivity contribution in [3.8, 4) is 0 Å². The number of rotatable bonds is 4. The molecule has 4 nitrogen and oxygen atoms in total. The van der Waals surface area contributed by atoms with Gasteiger partial charge in [0.2, 0.25) is 0 Å². The molecule has 1 saturated carbocycles. The first-order valence-corrected chi connectivity index (χ1v) is 4.32. The second-order valence-electron chi connectivity index (χ2n) is 3.36. The standard InChI is InChI=1S/C8H15NO3/c10-5-7(9-8(11)12)4-6-2-1-3-6/h6-7,9-10H,1-5H2,(H,11,12). The van der Waals surface area contributed by atoms with Crippen molar-refractivity contribution >= 4 is 6.09 Å². The zero-order chi connectivity index (χ0) is 8.97. The van der Waals surface area contributed by atoms with Gasteiger partial charge in [0.15, 0.2) is 0 Å². The number of carbonyl (C=O) groups is 1. The topological polar surface area (TPSA) is 69.6 Å². The van der Waals surface area contributed by atoms with Crippen molar-refractivity contribution in [2.24, 2.45) is 5.92 Å². The highest BCUT2D eigenvalue weighted by atomic mass is 16.4. The summed E-state index contributed by atoms with van der Waals surface area (Å²) in [5.41, 5.74) is 0. The number of aliphatic hydroxyl groups is 1. The third kappa shape index (κ3) is 2.70. The van der Waals surface area contributed by atoms with Crippen LogP contribution in [0.3, 0.4) is 0 Å². The van der Waals surface area contributed by atoms with E-state index in [1.54, 1.807) is 0 Å². The van der Waals surface area contributed by atoms with Crippen LogP contribution in [0.2, 0.25) is 0 Å². The fourth-order valence-electron chi connectivity index (χ4n) is 1.48. The van der Waals surface area contributed by atoms with Crippen LogP contribution in [0.1, 0.15) is 25.7 Å². The lowest BCUT2D eigenvalue weighted by molar-refractivity contribution is 0.160. The van der Waals surface area contributed by atoms with E-state index in [1.165, 1.54) is 19.3 Å². The Morgan fingerprint density at radius 3 is 2.58 bits per heavy atom. The van der Waals surface area contributed by atoms with Crippen LogP contribution in [-0.4, -0.2) is 29.0 Å². The maximum atomic E-state index is 10.2. The Labute approximate surface area is 71.6 Å². The van der Waals surface area contributed by atoms with E-state index in [1.807, 2.05) is 0 Å². The maximum absolute atomic E-state index is 10.2. The first-order valence-electron chi connectivity index (χ1n) is 4.32. The molecule has 1 unspecified atom stereocenters. The van der Waals surface area contributed by atoms with Gasteiger partial charge in [-0.1, -0.05) is 19.3 Å². The van der Waals surface area contributed by atoms with Crippen molar-refractivity contribution in [3.05, 3.63) is 0 Å². The summed E-state index contributed by atoms with van der Waals surface area (Å²) in [5, 5.41) is 19.5. The molecule has 3 N–H and O–H groups in total. The summed E-state index contributed by atoms with van der Waals surface area (Å²) in [7, 11) is 0. The first kappa shape index (κ1) is 9.32. The predicted octanol–water partition coefficient (Wildman–Crippen LogP) is 0.805. The molecule has 0 aromatic rings. The quantitative estimate of drug-likeness (QED) is 0.589.